The molecule has 2 rings (SSSR count). The van der Waals surface area contributed by atoms with Crippen molar-refractivity contribution >= 4 is 17.7 Å². The molecule has 2 aromatic rings. The SMILES string of the molecule is Cc1ccc(N/C=C(\C=O)Nc2ccc(C)cc2)cc1. The van der Waals surface area contributed by atoms with Gasteiger partial charge in [0.05, 0.1) is 5.70 Å². The summed E-state index contributed by atoms with van der Waals surface area (Å²) in [5.41, 5.74) is 4.70. The lowest BCUT2D eigenvalue weighted by atomic mass is 10.2. The third kappa shape index (κ3) is 3.99. The van der Waals surface area contributed by atoms with Gasteiger partial charge < -0.3 is 10.6 Å². The van der Waals surface area contributed by atoms with Crippen LogP contribution in [0.3, 0.4) is 0 Å². The van der Waals surface area contributed by atoms with E-state index < -0.39 is 0 Å². The molecule has 0 fully saturated rings. The number of hydrogen-bond acceptors (Lipinski definition) is 3. The van der Waals surface area contributed by atoms with Gasteiger partial charge in [0.2, 0.25) is 0 Å². The van der Waals surface area contributed by atoms with E-state index >= 15 is 0 Å². The summed E-state index contributed by atoms with van der Waals surface area (Å²) in [7, 11) is 0. The highest BCUT2D eigenvalue weighted by molar-refractivity contribution is 5.79. The quantitative estimate of drug-likeness (QED) is 0.637. The van der Waals surface area contributed by atoms with Crippen molar-refractivity contribution in [2.24, 2.45) is 0 Å². The van der Waals surface area contributed by atoms with E-state index in [2.05, 4.69) is 10.6 Å². The molecule has 0 spiro atoms. The molecule has 3 nitrogen and oxygen atoms in total. The fourth-order valence-corrected chi connectivity index (χ4v) is 1.71. The second-order valence-corrected chi connectivity index (χ2v) is 4.72. The van der Waals surface area contributed by atoms with E-state index in [1.54, 1.807) is 6.20 Å². The number of aldehydes is 1. The van der Waals surface area contributed by atoms with Gasteiger partial charge in [-0.25, -0.2) is 0 Å². The minimum Gasteiger partial charge on any atom is -0.360 e. The number of aryl methyl sites for hydroxylation is 2. The van der Waals surface area contributed by atoms with Gasteiger partial charge in [-0.3, -0.25) is 4.79 Å². The first-order valence-electron chi connectivity index (χ1n) is 6.49. The average molecular weight is 266 g/mol. The maximum Gasteiger partial charge on any atom is 0.167 e. The van der Waals surface area contributed by atoms with Crippen molar-refractivity contribution in [1.29, 1.82) is 0 Å². The molecule has 2 N–H and O–H groups in total. The summed E-state index contributed by atoms with van der Waals surface area (Å²) >= 11 is 0. The van der Waals surface area contributed by atoms with E-state index in [9.17, 15) is 4.79 Å². The molecule has 0 atom stereocenters. The molecule has 0 aliphatic carbocycles. The van der Waals surface area contributed by atoms with Gasteiger partial charge in [0.25, 0.3) is 0 Å². The Labute approximate surface area is 119 Å². The van der Waals surface area contributed by atoms with Crippen LogP contribution < -0.4 is 10.6 Å². The topological polar surface area (TPSA) is 41.1 Å². The first kappa shape index (κ1) is 13.9. The van der Waals surface area contributed by atoms with Crippen LogP contribution in [0.15, 0.2) is 60.4 Å². The highest BCUT2D eigenvalue weighted by Crippen LogP contribution is 2.12. The molecule has 0 aliphatic rings. The summed E-state index contributed by atoms with van der Waals surface area (Å²) in [6.07, 6.45) is 2.46. The largest absolute Gasteiger partial charge is 0.360 e. The highest BCUT2D eigenvalue weighted by atomic mass is 16.1. The van der Waals surface area contributed by atoms with Crippen molar-refractivity contribution in [3.05, 3.63) is 71.6 Å². The van der Waals surface area contributed by atoms with Gasteiger partial charge in [-0.2, -0.15) is 0 Å². The predicted molar refractivity (Wildman–Crippen MR) is 83.8 cm³/mol. The van der Waals surface area contributed by atoms with Crippen molar-refractivity contribution in [3.8, 4) is 0 Å². The zero-order chi connectivity index (χ0) is 14.4. The van der Waals surface area contributed by atoms with Gasteiger partial charge in [-0.05, 0) is 38.1 Å². The summed E-state index contributed by atoms with van der Waals surface area (Å²) in [5.74, 6) is 0. The first-order valence-corrected chi connectivity index (χ1v) is 6.49. The summed E-state index contributed by atoms with van der Waals surface area (Å²) in [4.78, 5) is 11.1. The lowest BCUT2D eigenvalue weighted by Crippen LogP contribution is -2.03. The Morgan fingerprint density at radius 2 is 1.35 bits per heavy atom. The lowest BCUT2D eigenvalue weighted by molar-refractivity contribution is -0.104. The highest BCUT2D eigenvalue weighted by Gasteiger charge is 1.97. The van der Waals surface area contributed by atoms with E-state index in [0.717, 1.165) is 17.7 Å². The van der Waals surface area contributed by atoms with Crippen LogP contribution in [0.2, 0.25) is 0 Å². The third-order valence-corrected chi connectivity index (χ3v) is 2.91. The maximum absolute atomic E-state index is 11.1. The molecule has 0 amide bonds. The standard InChI is InChI=1S/C17H18N2O/c1-13-3-7-15(8-4-13)18-11-17(12-20)19-16-9-5-14(2)6-10-16/h3-12,18-19H,1-2H3/b17-11+. The van der Waals surface area contributed by atoms with Crippen LogP contribution in [0.1, 0.15) is 11.1 Å². The van der Waals surface area contributed by atoms with Crippen molar-refractivity contribution < 1.29 is 4.79 Å². The normalized spacial score (nSPS) is 11.0. The van der Waals surface area contributed by atoms with Crippen LogP contribution >= 0.6 is 0 Å². The molecule has 2 aromatic carbocycles. The fourth-order valence-electron chi connectivity index (χ4n) is 1.71. The van der Waals surface area contributed by atoms with E-state index in [-0.39, 0.29) is 0 Å². The van der Waals surface area contributed by atoms with Gasteiger partial charge in [0.1, 0.15) is 0 Å². The third-order valence-electron chi connectivity index (χ3n) is 2.91. The Kier molecular flexibility index (Phi) is 4.56. The minimum atomic E-state index is 0.481. The molecule has 0 heterocycles. The first-order chi connectivity index (χ1) is 9.67. The number of carbonyl (C=O) groups is 1. The van der Waals surface area contributed by atoms with Crippen LogP contribution in [0.4, 0.5) is 11.4 Å². The molecule has 0 bridgehead atoms. The number of carbonyl (C=O) groups excluding carboxylic acids is 1. The van der Waals surface area contributed by atoms with Crippen LogP contribution in [0, 0.1) is 13.8 Å². The summed E-state index contributed by atoms with van der Waals surface area (Å²) in [5, 5.41) is 6.17. The number of allylic oxidation sites excluding steroid dienone is 1. The summed E-state index contributed by atoms with van der Waals surface area (Å²) < 4.78 is 0. The lowest BCUT2D eigenvalue weighted by Gasteiger charge is -2.07. The zero-order valence-electron chi connectivity index (χ0n) is 11.7. The molecule has 0 radical (unpaired) electrons. The van der Waals surface area contributed by atoms with Crippen LogP contribution in [-0.4, -0.2) is 6.29 Å². The number of rotatable bonds is 5. The molecule has 0 aromatic heterocycles. The Bertz CT molecular complexity index is 598. The molecular formula is C17H18N2O. The molecule has 3 heteroatoms. The molecule has 0 saturated carbocycles. The van der Waals surface area contributed by atoms with Crippen molar-refractivity contribution in [3.63, 3.8) is 0 Å². The zero-order valence-corrected chi connectivity index (χ0v) is 11.7. The number of benzene rings is 2. The maximum atomic E-state index is 11.1. The minimum absolute atomic E-state index is 0.481. The summed E-state index contributed by atoms with van der Waals surface area (Å²) in [6.45, 7) is 4.06. The molecule has 0 unspecified atom stereocenters. The summed E-state index contributed by atoms with van der Waals surface area (Å²) in [6, 6.07) is 15.9. The molecule has 0 saturated heterocycles. The van der Waals surface area contributed by atoms with Gasteiger partial charge in [0.15, 0.2) is 6.29 Å². The molecular weight excluding hydrogens is 248 g/mol. The van der Waals surface area contributed by atoms with E-state index in [1.807, 2.05) is 62.4 Å². The van der Waals surface area contributed by atoms with Gasteiger partial charge in [0, 0.05) is 17.6 Å². The number of nitrogens with one attached hydrogen (secondary N) is 2. The van der Waals surface area contributed by atoms with Crippen LogP contribution in [-0.2, 0) is 4.79 Å². The molecule has 102 valence electrons. The fraction of sp³-hybridized carbons (Fsp3) is 0.118. The Hall–Kier alpha value is -2.55. The van der Waals surface area contributed by atoms with Crippen LogP contribution in [0.5, 0.6) is 0 Å². The Balaban J connectivity index is 2.03. The van der Waals surface area contributed by atoms with Crippen molar-refractivity contribution in [2.75, 3.05) is 10.6 Å². The van der Waals surface area contributed by atoms with Gasteiger partial charge in [-0.15, -0.1) is 0 Å². The smallest absolute Gasteiger partial charge is 0.167 e. The molecule has 0 aliphatic heterocycles. The van der Waals surface area contributed by atoms with E-state index in [4.69, 9.17) is 0 Å². The van der Waals surface area contributed by atoms with Gasteiger partial charge >= 0.3 is 0 Å². The van der Waals surface area contributed by atoms with Crippen LogP contribution in [0.25, 0.3) is 0 Å². The van der Waals surface area contributed by atoms with Crippen molar-refractivity contribution in [1.82, 2.24) is 0 Å². The second kappa shape index (κ2) is 6.57. The monoisotopic (exact) mass is 266 g/mol. The average Bonchev–Trinajstić information content (AvgIpc) is 2.47. The Morgan fingerprint density at radius 3 is 1.85 bits per heavy atom. The molecule has 20 heavy (non-hydrogen) atoms. The number of hydrogen-bond donors (Lipinski definition) is 2. The van der Waals surface area contributed by atoms with Crippen molar-refractivity contribution in [2.45, 2.75) is 13.8 Å². The number of anilines is 2. The second-order valence-electron chi connectivity index (χ2n) is 4.72. The Morgan fingerprint density at radius 1 is 0.850 bits per heavy atom. The predicted octanol–water partition coefficient (Wildman–Crippen LogP) is 3.87. The van der Waals surface area contributed by atoms with Gasteiger partial charge in [-0.1, -0.05) is 35.4 Å². The van der Waals surface area contributed by atoms with E-state index in [1.165, 1.54) is 11.1 Å². The van der Waals surface area contributed by atoms with E-state index in [0.29, 0.717) is 5.70 Å².